The Labute approximate surface area is 118 Å². The predicted molar refractivity (Wildman–Crippen MR) is 76.9 cm³/mol. The van der Waals surface area contributed by atoms with Gasteiger partial charge in [0.1, 0.15) is 5.75 Å². The van der Waals surface area contributed by atoms with Crippen molar-refractivity contribution in [3.05, 3.63) is 48.3 Å². The number of ether oxygens (including phenoxy) is 1. The first kappa shape index (κ1) is 14.1. The molecular weight excluding hydrogens is 254 g/mol. The molecule has 4 nitrogen and oxygen atoms in total. The summed E-state index contributed by atoms with van der Waals surface area (Å²) in [5.41, 5.74) is 2.88. The molecule has 0 fully saturated rings. The lowest BCUT2D eigenvalue weighted by Gasteiger charge is -2.11. The Balaban J connectivity index is 2.31. The zero-order valence-electron chi connectivity index (χ0n) is 11.5. The second kappa shape index (κ2) is 6.19. The average molecular weight is 271 g/mol. The zero-order valence-corrected chi connectivity index (χ0v) is 11.5. The first-order valence-electron chi connectivity index (χ1n) is 6.41. The molecule has 1 aromatic carbocycles. The van der Waals surface area contributed by atoms with E-state index >= 15 is 0 Å². The number of rotatable bonds is 5. The molecule has 0 saturated heterocycles. The van der Waals surface area contributed by atoms with E-state index in [1.54, 1.807) is 19.5 Å². The van der Waals surface area contributed by atoms with Crippen LogP contribution in [-0.2, 0) is 4.79 Å². The van der Waals surface area contributed by atoms with Gasteiger partial charge in [0, 0.05) is 18.0 Å². The van der Waals surface area contributed by atoms with Crippen LogP contribution in [0.1, 0.15) is 24.8 Å². The van der Waals surface area contributed by atoms with Crippen LogP contribution < -0.4 is 4.74 Å². The van der Waals surface area contributed by atoms with Gasteiger partial charge >= 0.3 is 5.97 Å². The molecule has 2 rings (SSSR count). The molecule has 0 radical (unpaired) electrons. The van der Waals surface area contributed by atoms with Crippen molar-refractivity contribution in [2.24, 2.45) is 0 Å². The lowest BCUT2D eigenvalue weighted by atomic mass is 9.96. The van der Waals surface area contributed by atoms with Gasteiger partial charge in [0.25, 0.3) is 0 Å². The van der Waals surface area contributed by atoms with Crippen LogP contribution in [0, 0.1) is 0 Å². The van der Waals surface area contributed by atoms with E-state index in [2.05, 4.69) is 4.98 Å². The maximum atomic E-state index is 10.8. The van der Waals surface area contributed by atoms with Gasteiger partial charge in [-0.3, -0.25) is 9.78 Å². The summed E-state index contributed by atoms with van der Waals surface area (Å²) in [4.78, 5) is 15.0. The lowest BCUT2D eigenvalue weighted by molar-refractivity contribution is -0.137. The van der Waals surface area contributed by atoms with Crippen LogP contribution in [-0.4, -0.2) is 23.2 Å². The van der Waals surface area contributed by atoms with Gasteiger partial charge in [-0.2, -0.15) is 0 Å². The summed E-state index contributed by atoms with van der Waals surface area (Å²) in [6, 6.07) is 9.69. The van der Waals surface area contributed by atoms with Gasteiger partial charge in [0.15, 0.2) is 0 Å². The summed E-state index contributed by atoms with van der Waals surface area (Å²) >= 11 is 0. The Morgan fingerprint density at radius 3 is 2.80 bits per heavy atom. The van der Waals surface area contributed by atoms with Gasteiger partial charge in [-0.25, -0.2) is 0 Å². The highest BCUT2D eigenvalue weighted by Crippen LogP contribution is 2.26. The Kier molecular flexibility index (Phi) is 4.35. The maximum Gasteiger partial charge on any atom is 0.303 e. The Morgan fingerprint density at radius 1 is 1.30 bits per heavy atom. The summed E-state index contributed by atoms with van der Waals surface area (Å²) in [6.07, 6.45) is 3.59. The number of pyridine rings is 1. The van der Waals surface area contributed by atoms with Crippen molar-refractivity contribution in [2.75, 3.05) is 7.11 Å². The highest BCUT2D eigenvalue weighted by Gasteiger charge is 2.11. The monoisotopic (exact) mass is 271 g/mol. The molecule has 20 heavy (non-hydrogen) atoms. The number of hydrogen-bond donors (Lipinski definition) is 1. The van der Waals surface area contributed by atoms with E-state index in [4.69, 9.17) is 9.84 Å². The number of carboxylic acids is 1. The number of carbonyl (C=O) groups is 1. The van der Waals surface area contributed by atoms with E-state index in [0.29, 0.717) is 0 Å². The van der Waals surface area contributed by atoms with Crippen LogP contribution in [0.4, 0.5) is 0 Å². The highest BCUT2D eigenvalue weighted by molar-refractivity contribution is 5.69. The minimum Gasteiger partial charge on any atom is -0.497 e. The van der Waals surface area contributed by atoms with E-state index in [9.17, 15) is 4.79 Å². The topological polar surface area (TPSA) is 59.4 Å². The lowest BCUT2D eigenvalue weighted by Crippen LogP contribution is -2.03. The van der Waals surface area contributed by atoms with E-state index in [1.165, 1.54) is 0 Å². The number of hydrogen-bond acceptors (Lipinski definition) is 3. The minimum atomic E-state index is -0.802. The van der Waals surface area contributed by atoms with E-state index in [1.807, 2.05) is 37.3 Å². The summed E-state index contributed by atoms with van der Waals surface area (Å²) in [5, 5.41) is 8.86. The van der Waals surface area contributed by atoms with Gasteiger partial charge in [-0.05, 0) is 35.2 Å². The fourth-order valence-electron chi connectivity index (χ4n) is 2.07. The number of methoxy groups -OCH3 is 1. The molecule has 1 aromatic heterocycles. The highest BCUT2D eigenvalue weighted by atomic mass is 16.5. The maximum absolute atomic E-state index is 10.8. The largest absolute Gasteiger partial charge is 0.497 e. The molecule has 0 spiro atoms. The number of carboxylic acid groups (broad SMARTS) is 1. The van der Waals surface area contributed by atoms with Gasteiger partial charge in [-0.1, -0.05) is 19.1 Å². The molecule has 1 atom stereocenters. The third-order valence-electron chi connectivity index (χ3n) is 3.21. The van der Waals surface area contributed by atoms with Crippen molar-refractivity contribution in [1.82, 2.24) is 4.98 Å². The molecule has 0 aliphatic rings. The smallest absolute Gasteiger partial charge is 0.303 e. The van der Waals surface area contributed by atoms with Crippen LogP contribution >= 0.6 is 0 Å². The van der Waals surface area contributed by atoms with Crippen LogP contribution in [0.25, 0.3) is 11.1 Å². The standard InChI is InChI=1S/C16H17NO3/c1-11(6-16(18)19)13-7-14(10-17-9-13)12-4-3-5-15(8-12)20-2/h3-5,7-11H,6H2,1-2H3,(H,18,19). The number of benzene rings is 1. The van der Waals surface area contributed by atoms with Crippen molar-refractivity contribution in [1.29, 1.82) is 0 Å². The summed E-state index contributed by atoms with van der Waals surface area (Å²) in [7, 11) is 1.63. The molecule has 1 unspecified atom stereocenters. The van der Waals surface area contributed by atoms with E-state index in [-0.39, 0.29) is 12.3 Å². The second-order valence-electron chi connectivity index (χ2n) is 4.74. The molecule has 0 aliphatic carbocycles. The summed E-state index contributed by atoms with van der Waals surface area (Å²) < 4.78 is 5.21. The van der Waals surface area contributed by atoms with Gasteiger partial charge < -0.3 is 9.84 Å². The molecular formula is C16H17NO3. The Hall–Kier alpha value is -2.36. The summed E-state index contributed by atoms with van der Waals surface area (Å²) in [5.74, 6) is -0.0821. The minimum absolute atomic E-state index is 0.0643. The van der Waals surface area contributed by atoms with Crippen molar-refractivity contribution < 1.29 is 14.6 Å². The van der Waals surface area contributed by atoms with Crippen LogP contribution in [0.3, 0.4) is 0 Å². The number of aliphatic carboxylic acids is 1. The SMILES string of the molecule is COc1cccc(-c2cncc(C(C)CC(=O)O)c2)c1. The molecule has 4 heteroatoms. The zero-order chi connectivity index (χ0) is 14.5. The van der Waals surface area contributed by atoms with Crippen LogP contribution in [0.2, 0.25) is 0 Å². The van der Waals surface area contributed by atoms with Crippen molar-refractivity contribution >= 4 is 5.97 Å². The average Bonchev–Trinajstić information content (AvgIpc) is 2.47. The number of nitrogens with zero attached hydrogens (tertiary/aromatic N) is 1. The Morgan fingerprint density at radius 2 is 2.10 bits per heavy atom. The molecule has 1 heterocycles. The predicted octanol–water partition coefficient (Wildman–Crippen LogP) is 3.34. The molecule has 2 aromatic rings. The second-order valence-corrected chi connectivity index (χ2v) is 4.74. The van der Waals surface area contributed by atoms with Crippen LogP contribution in [0.5, 0.6) is 5.75 Å². The third-order valence-corrected chi connectivity index (χ3v) is 3.21. The Bertz CT molecular complexity index is 610. The van der Waals surface area contributed by atoms with E-state index < -0.39 is 5.97 Å². The van der Waals surface area contributed by atoms with Crippen molar-refractivity contribution in [3.63, 3.8) is 0 Å². The fraction of sp³-hybridized carbons (Fsp3) is 0.250. The van der Waals surface area contributed by atoms with E-state index in [0.717, 1.165) is 22.4 Å². The van der Waals surface area contributed by atoms with Gasteiger partial charge in [-0.15, -0.1) is 0 Å². The first-order valence-corrected chi connectivity index (χ1v) is 6.41. The molecule has 0 bridgehead atoms. The normalized spacial score (nSPS) is 11.9. The van der Waals surface area contributed by atoms with Crippen LogP contribution in [0.15, 0.2) is 42.7 Å². The summed E-state index contributed by atoms with van der Waals surface area (Å²) in [6.45, 7) is 1.89. The number of aromatic nitrogens is 1. The molecule has 1 N–H and O–H groups in total. The molecule has 0 amide bonds. The van der Waals surface area contributed by atoms with Gasteiger partial charge in [0.2, 0.25) is 0 Å². The first-order chi connectivity index (χ1) is 9.60. The molecule has 0 saturated carbocycles. The van der Waals surface area contributed by atoms with Gasteiger partial charge in [0.05, 0.1) is 13.5 Å². The quantitative estimate of drug-likeness (QED) is 0.906. The van der Waals surface area contributed by atoms with Crippen molar-refractivity contribution in [3.8, 4) is 16.9 Å². The third kappa shape index (κ3) is 3.35. The van der Waals surface area contributed by atoms with Crippen molar-refractivity contribution in [2.45, 2.75) is 19.3 Å². The molecule has 104 valence electrons. The molecule has 0 aliphatic heterocycles. The fourth-order valence-corrected chi connectivity index (χ4v) is 2.07.